The van der Waals surface area contributed by atoms with E-state index in [4.69, 9.17) is 0 Å². The zero-order valence-electron chi connectivity index (χ0n) is 12.9. The Bertz CT molecular complexity index is 920. The Labute approximate surface area is 135 Å². The lowest BCUT2D eigenvalue weighted by molar-refractivity contribution is -0.137. The van der Waals surface area contributed by atoms with Crippen LogP contribution in [-0.4, -0.2) is 9.97 Å². The summed E-state index contributed by atoms with van der Waals surface area (Å²) >= 11 is 0. The van der Waals surface area contributed by atoms with E-state index in [1.165, 1.54) is 6.33 Å². The summed E-state index contributed by atoms with van der Waals surface area (Å²) in [6, 6.07) is 5.87. The molecule has 3 aromatic rings. The molecule has 1 N–H and O–H groups in total. The molecular formula is C17H13F4N3. The number of hydrogen-bond acceptors (Lipinski definition) is 3. The first-order valence-corrected chi connectivity index (χ1v) is 7.11. The molecule has 3 nitrogen and oxygen atoms in total. The van der Waals surface area contributed by atoms with E-state index in [9.17, 15) is 17.6 Å². The van der Waals surface area contributed by atoms with Gasteiger partial charge in [-0.2, -0.15) is 13.2 Å². The minimum atomic E-state index is -4.55. The predicted molar refractivity (Wildman–Crippen MR) is 83.7 cm³/mol. The van der Waals surface area contributed by atoms with E-state index in [2.05, 4.69) is 15.3 Å². The highest BCUT2D eigenvalue weighted by Gasteiger charge is 2.31. The standard InChI is InChI=1S/C17H13F4N3/c1-9-5-12-14(6-10(9)2)22-8-23-16(12)24-15-7-11(17(19,20)21)3-4-13(15)18/h3-8H,1-2H3,(H,22,23,24). The summed E-state index contributed by atoms with van der Waals surface area (Å²) in [6.07, 6.45) is -3.27. The average molecular weight is 335 g/mol. The van der Waals surface area contributed by atoms with Crippen LogP contribution >= 0.6 is 0 Å². The monoisotopic (exact) mass is 335 g/mol. The molecule has 0 atom stereocenters. The van der Waals surface area contributed by atoms with Crippen LogP contribution in [-0.2, 0) is 6.18 Å². The number of alkyl halides is 3. The first kappa shape index (κ1) is 16.2. The number of hydrogen-bond donors (Lipinski definition) is 1. The number of nitrogens with one attached hydrogen (secondary N) is 1. The third kappa shape index (κ3) is 3.02. The second-order valence-electron chi connectivity index (χ2n) is 5.49. The molecule has 0 saturated carbocycles. The lowest BCUT2D eigenvalue weighted by atomic mass is 10.1. The maximum atomic E-state index is 13.9. The van der Waals surface area contributed by atoms with Crippen LogP contribution in [0, 0.1) is 19.7 Å². The number of anilines is 2. The zero-order chi connectivity index (χ0) is 17.5. The lowest BCUT2D eigenvalue weighted by Crippen LogP contribution is -2.07. The van der Waals surface area contributed by atoms with Crippen molar-refractivity contribution in [3.63, 3.8) is 0 Å². The minimum absolute atomic E-state index is 0.251. The van der Waals surface area contributed by atoms with Crippen molar-refractivity contribution in [1.29, 1.82) is 0 Å². The van der Waals surface area contributed by atoms with Gasteiger partial charge in [0.05, 0.1) is 16.8 Å². The molecule has 0 radical (unpaired) electrons. The molecule has 24 heavy (non-hydrogen) atoms. The van der Waals surface area contributed by atoms with Crippen molar-refractivity contribution >= 4 is 22.4 Å². The number of aryl methyl sites for hydroxylation is 2. The molecular weight excluding hydrogens is 322 g/mol. The van der Waals surface area contributed by atoms with Crippen LogP contribution in [0.4, 0.5) is 29.1 Å². The average Bonchev–Trinajstić information content (AvgIpc) is 2.50. The fourth-order valence-corrected chi connectivity index (χ4v) is 2.34. The van der Waals surface area contributed by atoms with Crippen LogP contribution in [0.3, 0.4) is 0 Å². The molecule has 0 aliphatic rings. The summed E-state index contributed by atoms with van der Waals surface area (Å²) in [5, 5.41) is 3.26. The Kier molecular flexibility index (Phi) is 3.87. The number of fused-ring (bicyclic) bond motifs is 1. The topological polar surface area (TPSA) is 37.8 Å². The zero-order valence-corrected chi connectivity index (χ0v) is 12.9. The number of halogens is 4. The van der Waals surface area contributed by atoms with Crippen molar-refractivity contribution in [1.82, 2.24) is 9.97 Å². The molecule has 1 aromatic heterocycles. The fourth-order valence-electron chi connectivity index (χ4n) is 2.34. The van der Waals surface area contributed by atoms with E-state index in [-0.39, 0.29) is 11.5 Å². The molecule has 2 aromatic carbocycles. The number of benzene rings is 2. The Hall–Kier alpha value is -2.70. The highest BCUT2D eigenvalue weighted by molar-refractivity contribution is 5.91. The summed E-state index contributed by atoms with van der Waals surface area (Å²) in [4.78, 5) is 8.18. The molecule has 0 spiro atoms. The van der Waals surface area contributed by atoms with Crippen molar-refractivity contribution in [3.05, 3.63) is 59.2 Å². The first-order valence-electron chi connectivity index (χ1n) is 7.11. The smallest absolute Gasteiger partial charge is 0.337 e. The molecule has 0 amide bonds. The molecule has 3 rings (SSSR count). The largest absolute Gasteiger partial charge is 0.416 e. The quantitative estimate of drug-likeness (QED) is 0.658. The van der Waals surface area contributed by atoms with Crippen LogP contribution in [0.1, 0.15) is 16.7 Å². The Morgan fingerprint density at radius 3 is 2.38 bits per heavy atom. The summed E-state index contributed by atoms with van der Waals surface area (Å²) in [6.45, 7) is 3.83. The maximum Gasteiger partial charge on any atom is 0.416 e. The minimum Gasteiger partial charge on any atom is -0.337 e. The third-order valence-corrected chi connectivity index (χ3v) is 3.80. The van der Waals surface area contributed by atoms with Crippen molar-refractivity contribution < 1.29 is 17.6 Å². The highest BCUT2D eigenvalue weighted by atomic mass is 19.4. The molecule has 0 saturated heterocycles. The summed E-state index contributed by atoms with van der Waals surface area (Å²) in [7, 11) is 0. The van der Waals surface area contributed by atoms with Gasteiger partial charge < -0.3 is 5.32 Å². The van der Waals surface area contributed by atoms with Gasteiger partial charge in [-0.15, -0.1) is 0 Å². The third-order valence-electron chi connectivity index (χ3n) is 3.80. The normalized spacial score (nSPS) is 11.8. The van der Waals surface area contributed by atoms with Gasteiger partial charge in [0.25, 0.3) is 0 Å². The Morgan fingerprint density at radius 1 is 0.958 bits per heavy atom. The van der Waals surface area contributed by atoms with E-state index in [0.717, 1.165) is 23.3 Å². The van der Waals surface area contributed by atoms with E-state index < -0.39 is 17.6 Å². The second-order valence-corrected chi connectivity index (χ2v) is 5.49. The van der Waals surface area contributed by atoms with Gasteiger partial charge in [-0.25, -0.2) is 14.4 Å². The number of nitrogens with zero attached hydrogens (tertiary/aromatic N) is 2. The summed E-state index contributed by atoms with van der Waals surface area (Å²) in [5.41, 5.74) is 1.41. The van der Waals surface area contributed by atoms with Crippen molar-refractivity contribution in [2.75, 3.05) is 5.32 Å². The van der Waals surface area contributed by atoms with Gasteiger partial charge in [0.1, 0.15) is 18.0 Å². The van der Waals surface area contributed by atoms with Gasteiger partial charge in [-0.05, 0) is 55.3 Å². The second kappa shape index (κ2) is 5.74. The van der Waals surface area contributed by atoms with Crippen LogP contribution in [0.5, 0.6) is 0 Å². The summed E-state index contributed by atoms with van der Waals surface area (Å²) in [5.74, 6) is -0.542. The lowest BCUT2D eigenvalue weighted by Gasteiger charge is -2.13. The SMILES string of the molecule is Cc1cc2ncnc(Nc3cc(C(F)(F)F)ccc3F)c2cc1C. The molecule has 0 bridgehead atoms. The van der Waals surface area contributed by atoms with Gasteiger partial charge in [-0.3, -0.25) is 0 Å². The van der Waals surface area contributed by atoms with E-state index in [1.54, 1.807) is 0 Å². The van der Waals surface area contributed by atoms with E-state index in [1.807, 2.05) is 26.0 Å². The van der Waals surface area contributed by atoms with Gasteiger partial charge in [0, 0.05) is 5.39 Å². The van der Waals surface area contributed by atoms with Crippen molar-refractivity contribution in [3.8, 4) is 0 Å². The van der Waals surface area contributed by atoms with Crippen LogP contribution < -0.4 is 5.32 Å². The van der Waals surface area contributed by atoms with Crippen LogP contribution in [0.2, 0.25) is 0 Å². The summed E-state index contributed by atoms with van der Waals surface area (Å²) < 4.78 is 52.4. The fraction of sp³-hybridized carbons (Fsp3) is 0.176. The Morgan fingerprint density at radius 2 is 1.67 bits per heavy atom. The van der Waals surface area contributed by atoms with Gasteiger partial charge in [0.2, 0.25) is 0 Å². The number of rotatable bonds is 2. The van der Waals surface area contributed by atoms with Crippen LogP contribution in [0.15, 0.2) is 36.7 Å². The highest BCUT2D eigenvalue weighted by Crippen LogP contribution is 2.33. The molecule has 0 fully saturated rings. The number of aromatic nitrogens is 2. The van der Waals surface area contributed by atoms with Crippen molar-refractivity contribution in [2.45, 2.75) is 20.0 Å². The predicted octanol–water partition coefficient (Wildman–Crippen LogP) is 5.15. The van der Waals surface area contributed by atoms with Crippen molar-refractivity contribution in [2.24, 2.45) is 0 Å². The molecule has 0 aliphatic heterocycles. The van der Waals surface area contributed by atoms with E-state index in [0.29, 0.717) is 17.0 Å². The molecule has 124 valence electrons. The maximum absolute atomic E-state index is 13.9. The van der Waals surface area contributed by atoms with Gasteiger partial charge in [0.15, 0.2) is 0 Å². The van der Waals surface area contributed by atoms with Crippen LogP contribution in [0.25, 0.3) is 10.9 Å². The van der Waals surface area contributed by atoms with Gasteiger partial charge in [-0.1, -0.05) is 0 Å². The molecule has 0 aliphatic carbocycles. The molecule has 7 heteroatoms. The molecule has 0 unspecified atom stereocenters. The Balaban J connectivity index is 2.09. The van der Waals surface area contributed by atoms with E-state index >= 15 is 0 Å². The first-order chi connectivity index (χ1) is 11.3. The van der Waals surface area contributed by atoms with Gasteiger partial charge >= 0.3 is 6.18 Å². The molecule has 1 heterocycles.